The van der Waals surface area contributed by atoms with Crippen LogP contribution in [0.3, 0.4) is 0 Å². The van der Waals surface area contributed by atoms with Gasteiger partial charge < -0.3 is 11.1 Å². The molecule has 0 bridgehead atoms. The summed E-state index contributed by atoms with van der Waals surface area (Å²) in [5.74, 6) is 0. The maximum atomic E-state index is 12.6. The van der Waals surface area contributed by atoms with Crippen LogP contribution in [0.2, 0.25) is 0 Å². The summed E-state index contributed by atoms with van der Waals surface area (Å²) in [7, 11) is -4.00. The molecular weight excluding hydrogens is 386 g/mol. The third kappa shape index (κ3) is 5.22. The van der Waals surface area contributed by atoms with Crippen molar-refractivity contribution in [3.63, 3.8) is 0 Å². The van der Waals surface area contributed by atoms with Gasteiger partial charge in [0.2, 0.25) is 0 Å². The van der Waals surface area contributed by atoms with E-state index in [1.165, 1.54) is 12.1 Å². The molecule has 0 aromatic heterocycles. The highest BCUT2D eigenvalue weighted by Crippen LogP contribution is 2.26. The van der Waals surface area contributed by atoms with Crippen LogP contribution < -0.4 is 15.8 Å². The number of nitrogens with one attached hydrogen (secondary N) is 2. The van der Waals surface area contributed by atoms with Crippen molar-refractivity contribution in [1.29, 1.82) is 0 Å². The average Bonchev–Trinajstić information content (AvgIpc) is 2.73. The molecule has 0 aliphatic carbocycles. The smallest absolute Gasteiger partial charge is 0.329 e. The Balaban J connectivity index is 1.82. The number of hydrogen-bond donors (Lipinski definition) is 3. The van der Waals surface area contributed by atoms with E-state index in [2.05, 4.69) is 10.0 Å². The molecule has 0 aliphatic heterocycles. The van der Waals surface area contributed by atoms with Gasteiger partial charge in [0.05, 0.1) is 17.0 Å². The fraction of sp³-hybridized carbons (Fsp3) is 0.136. The van der Waals surface area contributed by atoms with E-state index in [-0.39, 0.29) is 4.90 Å². The zero-order chi connectivity index (χ0) is 20.9. The molecule has 0 saturated heterocycles. The van der Waals surface area contributed by atoms with Crippen LogP contribution >= 0.6 is 0 Å². The quantitative estimate of drug-likeness (QED) is 0.580. The molecule has 4 N–H and O–H groups in total. The van der Waals surface area contributed by atoms with Gasteiger partial charge in [-0.15, -0.1) is 0 Å². The minimum atomic E-state index is -4.00. The van der Waals surface area contributed by atoms with Crippen LogP contribution in [0.25, 0.3) is 0 Å². The number of benzene rings is 3. The van der Waals surface area contributed by atoms with Crippen molar-refractivity contribution in [1.82, 2.24) is 10.0 Å². The van der Waals surface area contributed by atoms with Crippen molar-refractivity contribution in [3.8, 4) is 0 Å². The Labute approximate surface area is 170 Å². The van der Waals surface area contributed by atoms with Crippen molar-refractivity contribution in [2.24, 2.45) is 5.73 Å². The normalized spacial score (nSPS) is 13.3. The summed E-state index contributed by atoms with van der Waals surface area (Å²) in [6.07, 6.45) is 0. The third-order valence-electron chi connectivity index (χ3n) is 4.55. The van der Waals surface area contributed by atoms with Crippen LogP contribution in [0.5, 0.6) is 0 Å². The van der Waals surface area contributed by atoms with Crippen LogP contribution in [0.4, 0.5) is 4.79 Å². The number of urea groups is 1. The van der Waals surface area contributed by atoms with Crippen molar-refractivity contribution in [2.75, 3.05) is 0 Å². The summed E-state index contributed by atoms with van der Waals surface area (Å²) < 4.78 is 27.1. The molecule has 2 amide bonds. The van der Waals surface area contributed by atoms with E-state index in [4.69, 9.17) is 5.73 Å². The largest absolute Gasteiger partial charge is 0.329 e. The fourth-order valence-electron chi connectivity index (χ4n) is 2.98. The predicted octanol–water partition coefficient (Wildman–Crippen LogP) is 3.42. The zero-order valence-electron chi connectivity index (χ0n) is 15.9. The van der Waals surface area contributed by atoms with Crippen LogP contribution in [-0.2, 0) is 10.0 Å². The summed E-state index contributed by atoms with van der Waals surface area (Å²) in [6, 6.07) is 22.8. The van der Waals surface area contributed by atoms with E-state index >= 15 is 0 Å². The summed E-state index contributed by atoms with van der Waals surface area (Å²) in [4.78, 5) is 12.6. The average molecular weight is 410 g/mol. The highest BCUT2D eigenvalue weighted by atomic mass is 32.2. The van der Waals surface area contributed by atoms with E-state index in [9.17, 15) is 13.2 Å². The highest BCUT2D eigenvalue weighted by Gasteiger charge is 2.25. The lowest BCUT2D eigenvalue weighted by molar-refractivity contribution is 0.240. The van der Waals surface area contributed by atoms with Gasteiger partial charge in [-0.1, -0.05) is 78.4 Å². The molecule has 3 aromatic rings. The topological polar surface area (TPSA) is 101 Å². The maximum absolute atomic E-state index is 12.6. The molecule has 0 saturated carbocycles. The molecule has 0 aliphatic rings. The number of aryl methyl sites for hydroxylation is 1. The number of carbonyl (C=O) groups excluding carboxylic acids is 1. The summed E-state index contributed by atoms with van der Waals surface area (Å²) >= 11 is 0. The van der Waals surface area contributed by atoms with Crippen molar-refractivity contribution in [3.05, 3.63) is 102 Å². The van der Waals surface area contributed by atoms with E-state index in [1.54, 1.807) is 12.1 Å². The Hall–Kier alpha value is -3.16. The molecule has 150 valence electrons. The Bertz CT molecular complexity index is 1050. The SMILES string of the molecule is Cc1ccc(S(=O)(=O)NC(=O)N[C@@H](c2ccccc2)[C@@H](N)c2ccccc2)cc1. The Kier molecular flexibility index (Phi) is 6.31. The van der Waals surface area contributed by atoms with E-state index in [0.717, 1.165) is 16.7 Å². The lowest BCUT2D eigenvalue weighted by Crippen LogP contribution is -2.44. The molecule has 3 rings (SSSR count). The first kappa shape index (κ1) is 20.6. The molecule has 3 aromatic carbocycles. The lowest BCUT2D eigenvalue weighted by Gasteiger charge is -2.26. The predicted molar refractivity (Wildman–Crippen MR) is 113 cm³/mol. The van der Waals surface area contributed by atoms with Crippen molar-refractivity contribution < 1.29 is 13.2 Å². The number of amides is 2. The van der Waals surface area contributed by atoms with Gasteiger partial charge in [-0.2, -0.15) is 0 Å². The van der Waals surface area contributed by atoms with Crippen LogP contribution in [0.15, 0.2) is 89.8 Å². The van der Waals surface area contributed by atoms with Gasteiger partial charge >= 0.3 is 6.03 Å². The molecule has 6 nitrogen and oxygen atoms in total. The number of hydrogen-bond acceptors (Lipinski definition) is 4. The first-order chi connectivity index (χ1) is 13.9. The minimum Gasteiger partial charge on any atom is -0.329 e. The summed E-state index contributed by atoms with van der Waals surface area (Å²) in [5, 5.41) is 2.71. The first-order valence-corrected chi connectivity index (χ1v) is 10.6. The van der Waals surface area contributed by atoms with Gasteiger partial charge in [0.1, 0.15) is 0 Å². The summed E-state index contributed by atoms with van der Waals surface area (Å²) in [6.45, 7) is 1.85. The Morgan fingerprint density at radius 3 is 1.90 bits per heavy atom. The third-order valence-corrected chi connectivity index (χ3v) is 5.89. The highest BCUT2D eigenvalue weighted by molar-refractivity contribution is 7.90. The molecule has 0 spiro atoms. The maximum Gasteiger partial charge on any atom is 0.329 e. The zero-order valence-corrected chi connectivity index (χ0v) is 16.8. The van der Waals surface area contributed by atoms with Gasteiger partial charge in [0, 0.05) is 0 Å². The van der Waals surface area contributed by atoms with Gasteiger partial charge in [0.15, 0.2) is 0 Å². The monoisotopic (exact) mass is 409 g/mol. The van der Waals surface area contributed by atoms with E-state index in [1.807, 2.05) is 67.6 Å². The number of sulfonamides is 1. The second-order valence-corrected chi connectivity index (χ2v) is 8.40. The molecule has 7 heteroatoms. The van der Waals surface area contributed by atoms with Crippen LogP contribution in [-0.4, -0.2) is 14.4 Å². The van der Waals surface area contributed by atoms with Gasteiger partial charge in [-0.3, -0.25) is 0 Å². The first-order valence-electron chi connectivity index (χ1n) is 9.12. The number of carbonyl (C=O) groups is 1. The van der Waals surface area contributed by atoms with Gasteiger partial charge in [-0.05, 0) is 30.2 Å². The fourth-order valence-corrected chi connectivity index (χ4v) is 3.89. The minimum absolute atomic E-state index is 0.0156. The second kappa shape index (κ2) is 8.89. The molecule has 2 atom stereocenters. The number of rotatable bonds is 6. The second-order valence-electron chi connectivity index (χ2n) is 6.72. The van der Waals surface area contributed by atoms with Crippen LogP contribution in [0, 0.1) is 6.92 Å². The van der Waals surface area contributed by atoms with Crippen molar-refractivity contribution in [2.45, 2.75) is 23.9 Å². The summed E-state index contributed by atoms with van der Waals surface area (Å²) in [5.41, 5.74) is 8.93. The lowest BCUT2D eigenvalue weighted by atomic mass is 9.94. The van der Waals surface area contributed by atoms with E-state index < -0.39 is 28.1 Å². The Morgan fingerprint density at radius 1 is 0.828 bits per heavy atom. The number of nitrogens with two attached hydrogens (primary N) is 1. The molecule has 0 heterocycles. The van der Waals surface area contributed by atoms with Gasteiger partial charge in [-0.25, -0.2) is 17.9 Å². The molecule has 0 radical (unpaired) electrons. The molecule has 0 unspecified atom stereocenters. The molecule has 29 heavy (non-hydrogen) atoms. The van der Waals surface area contributed by atoms with Gasteiger partial charge in [0.25, 0.3) is 10.0 Å². The molecular formula is C22H23N3O3S. The van der Waals surface area contributed by atoms with E-state index in [0.29, 0.717) is 0 Å². The van der Waals surface area contributed by atoms with Crippen LogP contribution in [0.1, 0.15) is 28.8 Å². The molecule has 0 fully saturated rings. The van der Waals surface area contributed by atoms with Crippen molar-refractivity contribution >= 4 is 16.1 Å². The standard InChI is InChI=1S/C22H23N3O3S/c1-16-12-14-19(15-13-16)29(27,28)25-22(26)24-21(18-10-6-3-7-11-18)20(23)17-8-4-2-5-9-17/h2-15,20-21H,23H2,1H3,(H2,24,25,26)/t20-,21-/m0/s1. The Morgan fingerprint density at radius 2 is 1.34 bits per heavy atom.